The van der Waals surface area contributed by atoms with Crippen LogP contribution in [0.5, 0.6) is 0 Å². The third kappa shape index (κ3) is 2.92. The first kappa shape index (κ1) is 20.2. The number of fused-ring (bicyclic) bond motifs is 3. The molecule has 0 atom stereocenters. The predicted octanol–water partition coefficient (Wildman–Crippen LogP) is 6.97. The number of hydrogen-bond donors (Lipinski definition) is 0. The third-order valence-corrected chi connectivity index (χ3v) is 8.70. The van der Waals surface area contributed by atoms with Crippen molar-refractivity contribution in [2.75, 3.05) is 0 Å². The van der Waals surface area contributed by atoms with Crippen molar-refractivity contribution in [1.29, 1.82) is 0 Å². The number of benzene rings is 5. The Labute approximate surface area is 203 Å². The summed E-state index contributed by atoms with van der Waals surface area (Å²) in [5, 5.41) is 2.42. The lowest BCUT2D eigenvalue weighted by atomic mass is 9.98. The molecule has 0 amide bonds. The van der Waals surface area contributed by atoms with Gasteiger partial charge < -0.3 is 0 Å². The fourth-order valence-electron chi connectivity index (χ4n) is 5.16. The fourth-order valence-corrected chi connectivity index (χ4v) is 6.82. The van der Waals surface area contributed by atoms with Gasteiger partial charge in [-0.15, -0.1) is 0 Å². The molecule has 35 heavy (non-hydrogen) atoms. The molecule has 0 radical (unpaired) electrons. The molecule has 2 heterocycles. The van der Waals surface area contributed by atoms with Crippen LogP contribution in [0.3, 0.4) is 0 Å². The first-order valence-corrected chi connectivity index (χ1v) is 13.0. The average Bonchev–Trinajstić information content (AvgIpc) is 3.23. The van der Waals surface area contributed by atoms with Gasteiger partial charge in [-0.2, -0.15) is 0 Å². The van der Waals surface area contributed by atoms with Crippen molar-refractivity contribution in [3.05, 3.63) is 109 Å². The lowest BCUT2D eigenvalue weighted by molar-refractivity contribution is 0.594. The zero-order valence-electron chi connectivity index (χ0n) is 18.9. The monoisotopic (exact) mass is 472 g/mol. The van der Waals surface area contributed by atoms with Gasteiger partial charge in [-0.25, -0.2) is 13.4 Å². The van der Waals surface area contributed by atoms with Gasteiger partial charge in [0.15, 0.2) is 0 Å². The SMILES string of the molecule is Cc1nc2cccc3c2n1-c1ccc(-c2ccc(-c4ccc5ccccc5c4)cc2)cc1S3(=O)=O. The van der Waals surface area contributed by atoms with E-state index in [1.54, 1.807) is 18.2 Å². The van der Waals surface area contributed by atoms with Crippen LogP contribution in [0.15, 0.2) is 113 Å². The average molecular weight is 473 g/mol. The summed E-state index contributed by atoms with van der Waals surface area (Å²) >= 11 is 0. The minimum atomic E-state index is -3.66. The number of para-hydroxylation sites is 1. The van der Waals surface area contributed by atoms with E-state index in [4.69, 9.17) is 0 Å². The molecule has 0 saturated carbocycles. The summed E-state index contributed by atoms with van der Waals surface area (Å²) in [6.07, 6.45) is 0. The second-order valence-corrected chi connectivity index (χ2v) is 10.8. The van der Waals surface area contributed by atoms with Crippen molar-refractivity contribution in [1.82, 2.24) is 9.55 Å². The summed E-state index contributed by atoms with van der Waals surface area (Å²) in [6.45, 7) is 1.91. The van der Waals surface area contributed by atoms with E-state index in [2.05, 4.69) is 59.6 Å². The second-order valence-electron chi connectivity index (χ2n) is 8.94. The Kier molecular flexibility index (Phi) is 4.12. The van der Waals surface area contributed by atoms with Crippen LogP contribution in [-0.2, 0) is 9.84 Å². The molecular weight excluding hydrogens is 452 g/mol. The molecule has 168 valence electrons. The normalized spacial score (nSPS) is 13.7. The Hall–Kier alpha value is -4.22. The van der Waals surface area contributed by atoms with Gasteiger partial charge in [0.05, 0.1) is 26.5 Å². The highest BCUT2D eigenvalue weighted by Crippen LogP contribution is 2.40. The second kappa shape index (κ2) is 7.14. The highest BCUT2D eigenvalue weighted by Gasteiger charge is 2.32. The van der Waals surface area contributed by atoms with E-state index in [1.807, 2.05) is 41.8 Å². The molecule has 0 N–H and O–H groups in total. The van der Waals surface area contributed by atoms with E-state index in [0.717, 1.165) is 28.1 Å². The van der Waals surface area contributed by atoms with E-state index in [0.29, 0.717) is 26.5 Å². The third-order valence-electron chi connectivity index (χ3n) is 6.89. The Morgan fingerprint density at radius 2 is 1.29 bits per heavy atom. The van der Waals surface area contributed by atoms with Crippen LogP contribution in [-0.4, -0.2) is 18.0 Å². The van der Waals surface area contributed by atoms with Crippen LogP contribution < -0.4 is 0 Å². The fraction of sp³-hybridized carbons (Fsp3) is 0.0333. The quantitative estimate of drug-likeness (QED) is 0.273. The molecule has 5 heteroatoms. The zero-order valence-corrected chi connectivity index (χ0v) is 19.8. The van der Waals surface area contributed by atoms with Gasteiger partial charge in [0, 0.05) is 0 Å². The van der Waals surface area contributed by atoms with Gasteiger partial charge in [0.25, 0.3) is 0 Å². The van der Waals surface area contributed by atoms with E-state index in [1.165, 1.54) is 10.8 Å². The Morgan fingerprint density at radius 3 is 2.06 bits per heavy atom. The number of rotatable bonds is 2. The lowest BCUT2D eigenvalue weighted by Crippen LogP contribution is -2.15. The van der Waals surface area contributed by atoms with Crippen LogP contribution in [0, 0.1) is 6.92 Å². The molecular formula is C30H20N2O2S. The van der Waals surface area contributed by atoms with Crippen LogP contribution in [0.25, 0.3) is 49.7 Å². The van der Waals surface area contributed by atoms with Crippen LogP contribution in [0.4, 0.5) is 0 Å². The summed E-state index contributed by atoms with van der Waals surface area (Å²) in [5.74, 6) is 0.774. The number of hydrogen-bond acceptors (Lipinski definition) is 3. The van der Waals surface area contributed by atoms with Crippen LogP contribution >= 0.6 is 0 Å². The van der Waals surface area contributed by atoms with Gasteiger partial charge in [0.2, 0.25) is 9.84 Å². The maximum atomic E-state index is 13.6. The summed E-state index contributed by atoms with van der Waals surface area (Å²) in [4.78, 5) is 5.21. The van der Waals surface area contributed by atoms with Crippen molar-refractivity contribution in [2.45, 2.75) is 16.7 Å². The maximum Gasteiger partial charge on any atom is 0.210 e. The van der Waals surface area contributed by atoms with Crippen LogP contribution in [0.2, 0.25) is 0 Å². The molecule has 0 fully saturated rings. The molecule has 1 aliphatic rings. The number of imidazole rings is 1. The van der Waals surface area contributed by atoms with Crippen molar-refractivity contribution in [3.63, 3.8) is 0 Å². The molecule has 0 spiro atoms. The van der Waals surface area contributed by atoms with E-state index < -0.39 is 9.84 Å². The lowest BCUT2D eigenvalue weighted by Gasteiger charge is -2.21. The van der Waals surface area contributed by atoms with E-state index in [-0.39, 0.29) is 0 Å². The Morgan fingerprint density at radius 1 is 0.629 bits per heavy atom. The molecule has 6 aromatic rings. The van der Waals surface area contributed by atoms with E-state index >= 15 is 0 Å². The predicted molar refractivity (Wildman–Crippen MR) is 140 cm³/mol. The number of sulfone groups is 1. The minimum absolute atomic E-state index is 0.312. The summed E-state index contributed by atoms with van der Waals surface area (Å²) < 4.78 is 29.1. The molecule has 1 aliphatic heterocycles. The number of aryl methyl sites for hydroxylation is 1. The Balaban J connectivity index is 1.33. The van der Waals surface area contributed by atoms with Gasteiger partial charge >= 0.3 is 0 Å². The Bertz CT molecular complexity index is 1920. The van der Waals surface area contributed by atoms with Gasteiger partial charge in [-0.1, -0.05) is 72.8 Å². The molecule has 0 saturated heterocycles. The molecule has 1 aromatic heterocycles. The maximum absolute atomic E-state index is 13.6. The summed E-state index contributed by atoms with van der Waals surface area (Å²) in [7, 11) is -3.66. The highest BCUT2D eigenvalue weighted by atomic mass is 32.2. The molecule has 5 aromatic carbocycles. The van der Waals surface area contributed by atoms with Crippen molar-refractivity contribution < 1.29 is 8.42 Å². The first-order valence-electron chi connectivity index (χ1n) is 11.5. The minimum Gasteiger partial charge on any atom is -0.294 e. The van der Waals surface area contributed by atoms with E-state index in [9.17, 15) is 8.42 Å². The standard InChI is InChI=1S/C30H20N2O2S/c1-19-31-26-7-4-8-28-30(26)32(19)27-16-15-25(18-29(27)35(28,33)34)22-11-9-21(10-12-22)24-14-13-20-5-2-3-6-23(20)17-24/h2-18H,1H3. The molecule has 0 aliphatic carbocycles. The highest BCUT2D eigenvalue weighted by molar-refractivity contribution is 7.92. The van der Waals surface area contributed by atoms with Gasteiger partial charge in [0.1, 0.15) is 5.82 Å². The van der Waals surface area contributed by atoms with Crippen LogP contribution in [0.1, 0.15) is 5.82 Å². The molecule has 0 unspecified atom stereocenters. The van der Waals surface area contributed by atoms with Crippen molar-refractivity contribution >= 4 is 31.6 Å². The smallest absolute Gasteiger partial charge is 0.210 e. The van der Waals surface area contributed by atoms with Gasteiger partial charge in [-0.05, 0) is 70.3 Å². The first-order chi connectivity index (χ1) is 17.0. The molecule has 0 bridgehead atoms. The summed E-state index contributed by atoms with van der Waals surface area (Å²) in [6, 6.07) is 34.0. The van der Waals surface area contributed by atoms with Gasteiger partial charge in [-0.3, -0.25) is 4.57 Å². The molecule has 7 rings (SSSR count). The van der Waals surface area contributed by atoms with Crippen molar-refractivity contribution in [3.8, 4) is 27.9 Å². The largest absolute Gasteiger partial charge is 0.294 e. The molecule has 4 nitrogen and oxygen atoms in total. The van der Waals surface area contributed by atoms with Crippen molar-refractivity contribution in [2.24, 2.45) is 0 Å². The number of aromatic nitrogens is 2. The topological polar surface area (TPSA) is 52.0 Å². The number of nitrogens with zero attached hydrogens (tertiary/aromatic N) is 2. The zero-order chi connectivity index (χ0) is 23.7. The summed E-state index contributed by atoms with van der Waals surface area (Å²) in [5.41, 5.74) is 6.12.